The first-order valence-corrected chi connectivity index (χ1v) is 5.45. The molecule has 0 spiro atoms. The van der Waals surface area contributed by atoms with Gasteiger partial charge in [0.15, 0.2) is 5.16 Å². The van der Waals surface area contributed by atoms with Crippen LogP contribution in [0, 0.1) is 6.92 Å². The van der Waals surface area contributed by atoms with Crippen LogP contribution in [0.3, 0.4) is 0 Å². The SMILES string of the molecule is CNC(CO)CSc1nccc(C)n1. The molecule has 0 bridgehead atoms. The van der Waals surface area contributed by atoms with Crippen molar-refractivity contribution in [3.05, 3.63) is 18.0 Å². The van der Waals surface area contributed by atoms with E-state index in [1.807, 2.05) is 20.0 Å². The maximum Gasteiger partial charge on any atom is 0.187 e. The topological polar surface area (TPSA) is 58.0 Å². The van der Waals surface area contributed by atoms with Gasteiger partial charge in [0.1, 0.15) is 0 Å². The quantitative estimate of drug-likeness (QED) is 0.549. The lowest BCUT2D eigenvalue weighted by Crippen LogP contribution is -2.31. The highest BCUT2D eigenvalue weighted by molar-refractivity contribution is 7.99. The van der Waals surface area contributed by atoms with Gasteiger partial charge in [0, 0.05) is 23.7 Å². The summed E-state index contributed by atoms with van der Waals surface area (Å²) in [5, 5.41) is 12.7. The summed E-state index contributed by atoms with van der Waals surface area (Å²) in [6, 6.07) is 1.97. The molecule has 1 aromatic heterocycles. The summed E-state index contributed by atoms with van der Waals surface area (Å²) in [6.07, 6.45) is 1.75. The number of rotatable bonds is 5. The van der Waals surface area contributed by atoms with Crippen LogP contribution in [0.5, 0.6) is 0 Å². The normalized spacial score (nSPS) is 12.8. The lowest BCUT2D eigenvalue weighted by molar-refractivity contribution is 0.260. The van der Waals surface area contributed by atoms with Crippen LogP contribution in [0.2, 0.25) is 0 Å². The van der Waals surface area contributed by atoms with E-state index in [-0.39, 0.29) is 12.6 Å². The third kappa shape index (κ3) is 3.61. The smallest absolute Gasteiger partial charge is 0.187 e. The number of aryl methyl sites for hydroxylation is 1. The second-order valence-corrected chi connectivity index (χ2v) is 3.95. The first-order valence-electron chi connectivity index (χ1n) is 4.47. The van der Waals surface area contributed by atoms with Crippen molar-refractivity contribution >= 4 is 11.8 Å². The summed E-state index contributed by atoms with van der Waals surface area (Å²) in [4.78, 5) is 8.38. The van der Waals surface area contributed by atoms with Crippen molar-refractivity contribution < 1.29 is 5.11 Å². The zero-order valence-corrected chi connectivity index (χ0v) is 9.21. The van der Waals surface area contributed by atoms with Gasteiger partial charge in [-0.2, -0.15) is 0 Å². The van der Waals surface area contributed by atoms with Crippen molar-refractivity contribution in [2.24, 2.45) is 0 Å². The van der Waals surface area contributed by atoms with E-state index in [1.165, 1.54) is 0 Å². The number of likely N-dealkylation sites (N-methyl/N-ethyl adjacent to an activating group) is 1. The molecule has 0 radical (unpaired) electrons. The van der Waals surface area contributed by atoms with Crippen LogP contribution in [-0.2, 0) is 0 Å². The van der Waals surface area contributed by atoms with Crippen molar-refractivity contribution in [3.63, 3.8) is 0 Å². The van der Waals surface area contributed by atoms with E-state index in [0.717, 1.165) is 16.6 Å². The maximum atomic E-state index is 8.94. The van der Waals surface area contributed by atoms with E-state index in [1.54, 1.807) is 18.0 Å². The standard InChI is InChI=1S/C9H15N3OS/c1-7-3-4-11-9(12-7)14-6-8(5-13)10-2/h3-4,8,10,13H,5-6H2,1-2H3. The van der Waals surface area contributed by atoms with E-state index in [0.29, 0.717) is 0 Å². The average molecular weight is 213 g/mol. The van der Waals surface area contributed by atoms with Gasteiger partial charge in [-0.15, -0.1) is 0 Å². The van der Waals surface area contributed by atoms with E-state index in [2.05, 4.69) is 15.3 Å². The van der Waals surface area contributed by atoms with E-state index in [9.17, 15) is 0 Å². The highest BCUT2D eigenvalue weighted by Crippen LogP contribution is 2.13. The summed E-state index contributed by atoms with van der Waals surface area (Å²) in [7, 11) is 1.83. The molecule has 4 nitrogen and oxygen atoms in total. The second-order valence-electron chi connectivity index (χ2n) is 2.96. The minimum Gasteiger partial charge on any atom is -0.395 e. The number of nitrogens with one attached hydrogen (secondary N) is 1. The fourth-order valence-corrected chi connectivity index (χ4v) is 1.86. The molecule has 0 aliphatic carbocycles. The molecule has 14 heavy (non-hydrogen) atoms. The van der Waals surface area contributed by atoms with Gasteiger partial charge >= 0.3 is 0 Å². The molecule has 0 aliphatic heterocycles. The molecule has 1 atom stereocenters. The Morgan fingerprint density at radius 2 is 2.43 bits per heavy atom. The van der Waals surface area contributed by atoms with Gasteiger partial charge < -0.3 is 10.4 Å². The lowest BCUT2D eigenvalue weighted by atomic mass is 10.4. The molecule has 0 aliphatic rings. The highest BCUT2D eigenvalue weighted by atomic mass is 32.2. The van der Waals surface area contributed by atoms with Crippen LogP contribution >= 0.6 is 11.8 Å². The van der Waals surface area contributed by atoms with Gasteiger partial charge in [-0.25, -0.2) is 9.97 Å². The molecular weight excluding hydrogens is 198 g/mol. The van der Waals surface area contributed by atoms with E-state index in [4.69, 9.17) is 5.11 Å². The molecule has 1 rings (SSSR count). The fourth-order valence-electron chi connectivity index (χ4n) is 0.898. The van der Waals surface area contributed by atoms with Crippen molar-refractivity contribution in [2.45, 2.75) is 18.1 Å². The van der Waals surface area contributed by atoms with Gasteiger partial charge in [-0.05, 0) is 20.0 Å². The zero-order chi connectivity index (χ0) is 10.4. The molecule has 1 heterocycles. The Kier molecular flexibility index (Phi) is 4.86. The first-order chi connectivity index (χ1) is 6.76. The van der Waals surface area contributed by atoms with E-state index >= 15 is 0 Å². The fraction of sp³-hybridized carbons (Fsp3) is 0.556. The summed E-state index contributed by atoms with van der Waals surface area (Å²) in [5.41, 5.74) is 0.965. The minimum atomic E-state index is 0.101. The largest absolute Gasteiger partial charge is 0.395 e. The average Bonchev–Trinajstić information content (AvgIpc) is 2.19. The Morgan fingerprint density at radius 1 is 1.64 bits per heavy atom. The summed E-state index contributed by atoms with van der Waals surface area (Å²) in [5.74, 6) is 0.774. The molecule has 0 aromatic carbocycles. The van der Waals surface area contributed by atoms with Crippen molar-refractivity contribution in [1.82, 2.24) is 15.3 Å². The van der Waals surface area contributed by atoms with Crippen LogP contribution in [0.15, 0.2) is 17.4 Å². The molecule has 0 saturated carbocycles. The molecule has 0 saturated heterocycles. The number of nitrogens with zero attached hydrogens (tertiary/aromatic N) is 2. The van der Waals surface area contributed by atoms with Crippen LogP contribution in [-0.4, -0.2) is 40.5 Å². The van der Waals surface area contributed by atoms with Crippen molar-refractivity contribution in [2.75, 3.05) is 19.4 Å². The van der Waals surface area contributed by atoms with Crippen LogP contribution < -0.4 is 5.32 Å². The summed E-state index contributed by atoms with van der Waals surface area (Å²) >= 11 is 1.55. The summed E-state index contributed by atoms with van der Waals surface area (Å²) in [6.45, 7) is 2.07. The number of hydrogen-bond donors (Lipinski definition) is 2. The van der Waals surface area contributed by atoms with Crippen LogP contribution in [0.25, 0.3) is 0 Å². The Balaban J connectivity index is 2.44. The Bertz CT molecular complexity index is 279. The van der Waals surface area contributed by atoms with Crippen LogP contribution in [0.1, 0.15) is 5.69 Å². The Labute approximate surface area is 88.2 Å². The lowest BCUT2D eigenvalue weighted by Gasteiger charge is -2.11. The predicted molar refractivity (Wildman–Crippen MR) is 57.4 cm³/mol. The van der Waals surface area contributed by atoms with E-state index < -0.39 is 0 Å². The first kappa shape index (κ1) is 11.4. The molecule has 0 amide bonds. The number of aliphatic hydroxyl groups is 1. The Morgan fingerprint density at radius 3 is 3.00 bits per heavy atom. The highest BCUT2D eigenvalue weighted by Gasteiger charge is 2.06. The summed E-state index contributed by atoms with van der Waals surface area (Å²) < 4.78 is 0. The van der Waals surface area contributed by atoms with Crippen LogP contribution in [0.4, 0.5) is 0 Å². The second kappa shape index (κ2) is 5.95. The molecular formula is C9H15N3OS. The van der Waals surface area contributed by atoms with Gasteiger partial charge in [0.05, 0.1) is 6.61 Å². The predicted octanol–water partition coefficient (Wildman–Crippen LogP) is 0.457. The number of aromatic nitrogens is 2. The Hall–Kier alpha value is -0.650. The third-order valence-electron chi connectivity index (χ3n) is 1.81. The molecule has 0 fully saturated rings. The molecule has 1 aromatic rings. The third-order valence-corrected chi connectivity index (χ3v) is 2.84. The molecule has 5 heteroatoms. The molecule has 78 valence electrons. The zero-order valence-electron chi connectivity index (χ0n) is 8.40. The molecule has 2 N–H and O–H groups in total. The number of thioether (sulfide) groups is 1. The van der Waals surface area contributed by atoms with Crippen molar-refractivity contribution in [3.8, 4) is 0 Å². The van der Waals surface area contributed by atoms with Gasteiger partial charge in [0.25, 0.3) is 0 Å². The number of aliphatic hydroxyl groups excluding tert-OH is 1. The number of hydrogen-bond acceptors (Lipinski definition) is 5. The van der Waals surface area contributed by atoms with Crippen molar-refractivity contribution in [1.29, 1.82) is 0 Å². The monoisotopic (exact) mass is 213 g/mol. The van der Waals surface area contributed by atoms with Gasteiger partial charge in [-0.3, -0.25) is 0 Å². The minimum absolute atomic E-state index is 0.101. The molecule has 1 unspecified atom stereocenters. The maximum absolute atomic E-state index is 8.94. The van der Waals surface area contributed by atoms with Gasteiger partial charge in [0.2, 0.25) is 0 Å². The van der Waals surface area contributed by atoms with Gasteiger partial charge in [-0.1, -0.05) is 11.8 Å².